The predicted octanol–water partition coefficient (Wildman–Crippen LogP) is 4.19. The third-order valence-electron chi connectivity index (χ3n) is 5.76. The summed E-state index contributed by atoms with van der Waals surface area (Å²) in [6.45, 7) is 3.69. The molecule has 0 radical (unpaired) electrons. The molecule has 3 aliphatic heterocycles. The SMILES string of the molecule is CC[C@@H]1CCCCN1C(=O)CCCN1C(=O)/C(=C/c2ccc3c(c2)OCO3)SC1=S. The quantitative estimate of drug-likeness (QED) is 0.482. The van der Waals surface area contributed by atoms with Crippen LogP contribution in [0, 0.1) is 0 Å². The molecule has 2 saturated heterocycles. The molecule has 8 heteroatoms. The fourth-order valence-corrected chi connectivity index (χ4v) is 5.44. The second-order valence-electron chi connectivity index (χ2n) is 7.69. The van der Waals surface area contributed by atoms with Gasteiger partial charge in [0, 0.05) is 25.6 Å². The van der Waals surface area contributed by atoms with Crippen molar-refractivity contribution in [3.05, 3.63) is 28.7 Å². The predicted molar refractivity (Wildman–Crippen MR) is 121 cm³/mol. The van der Waals surface area contributed by atoms with Gasteiger partial charge in [-0.3, -0.25) is 14.5 Å². The zero-order valence-corrected chi connectivity index (χ0v) is 18.7. The van der Waals surface area contributed by atoms with Crippen LogP contribution < -0.4 is 9.47 Å². The fourth-order valence-electron chi connectivity index (χ4n) is 4.13. The molecule has 0 bridgehead atoms. The lowest BCUT2D eigenvalue weighted by Crippen LogP contribution is -2.43. The molecule has 0 N–H and O–H groups in total. The van der Waals surface area contributed by atoms with Gasteiger partial charge in [0.15, 0.2) is 11.5 Å². The minimum Gasteiger partial charge on any atom is -0.454 e. The minimum atomic E-state index is -0.0977. The summed E-state index contributed by atoms with van der Waals surface area (Å²) in [5, 5.41) is 0. The topological polar surface area (TPSA) is 59.1 Å². The van der Waals surface area contributed by atoms with Crippen LogP contribution in [0.1, 0.15) is 51.0 Å². The van der Waals surface area contributed by atoms with Crippen molar-refractivity contribution < 1.29 is 19.1 Å². The van der Waals surface area contributed by atoms with Gasteiger partial charge in [0.1, 0.15) is 4.32 Å². The van der Waals surface area contributed by atoms with Crippen LogP contribution in [0.4, 0.5) is 0 Å². The number of ether oxygens (including phenoxy) is 2. The Bertz CT molecular complexity index is 886. The number of amides is 2. The van der Waals surface area contributed by atoms with Crippen LogP contribution >= 0.6 is 24.0 Å². The third kappa shape index (κ3) is 4.49. The van der Waals surface area contributed by atoms with E-state index in [0.717, 1.165) is 31.4 Å². The van der Waals surface area contributed by atoms with E-state index >= 15 is 0 Å². The van der Waals surface area contributed by atoms with E-state index in [4.69, 9.17) is 21.7 Å². The summed E-state index contributed by atoms with van der Waals surface area (Å²) in [4.78, 5) is 29.7. The number of thioether (sulfide) groups is 1. The second-order valence-corrected chi connectivity index (χ2v) is 9.37. The van der Waals surface area contributed by atoms with Crippen LogP contribution in [0.15, 0.2) is 23.1 Å². The van der Waals surface area contributed by atoms with Crippen LogP contribution in [0.3, 0.4) is 0 Å². The van der Waals surface area contributed by atoms with Crippen molar-refractivity contribution in [1.82, 2.24) is 9.80 Å². The lowest BCUT2D eigenvalue weighted by atomic mass is 9.99. The normalized spacial score (nSPS) is 22.3. The van der Waals surface area contributed by atoms with Gasteiger partial charge in [-0.15, -0.1) is 0 Å². The first-order chi connectivity index (χ1) is 14.6. The third-order valence-corrected chi connectivity index (χ3v) is 7.14. The number of carbonyl (C=O) groups is 2. The molecule has 4 rings (SSSR count). The Balaban J connectivity index is 1.33. The van der Waals surface area contributed by atoms with Gasteiger partial charge in [0.2, 0.25) is 12.7 Å². The number of thiocarbonyl (C=S) groups is 1. The molecule has 0 saturated carbocycles. The molecule has 0 unspecified atom stereocenters. The van der Waals surface area contributed by atoms with Gasteiger partial charge in [-0.05, 0) is 55.9 Å². The summed E-state index contributed by atoms with van der Waals surface area (Å²) in [7, 11) is 0. The zero-order valence-electron chi connectivity index (χ0n) is 17.1. The highest BCUT2D eigenvalue weighted by Crippen LogP contribution is 2.36. The van der Waals surface area contributed by atoms with E-state index in [-0.39, 0.29) is 18.6 Å². The first-order valence-electron chi connectivity index (χ1n) is 10.5. The number of likely N-dealkylation sites (tertiary alicyclic amines) is 1. The molecule has 1 aromatic rings. The molecule has 2 amide bonds. The van der Waals surface area contributed by atoms with Crippen LogP contribution in [-0.2, 0) is 9.59 Å². The molecular formula is C22H26N2O4S2. The number of fused-ring (bicyclic) bond motifs is 1. The van der Waals surface area contributed by atoms with Crippen LogP contribution in [0.5, 0.6) is 11.5 Å². The Morgan fingerprint density at radius 1 is 1.30 bits per heavy atom. The van der Waals surface area contributed by atoms with Crippen molar-refractivity contribution in [2.75, 3.05) is 19.9 Å². The van der Waals surface area contributed by atoms with Crippen molar-refractivity contribution in [3.8, 4) is 11.5 Å². The van der Waals surface area contributed by atoms with Gasteiger partial charge < -0.3 is 14.4 Å². The van der Waals surface area contributed by atoms with Gasteiger partial charge in [0.25, 0.3) is 5.91 Å². The Labute approximate surface area is 186 Å². The van der Waals surface area contributed by atoms with Gasteiger partial charge in [0.05, 0.1) is 4.91 Å². The first kappa shape index (κ1) is 21.2. The lowest BCUT2D eigenvalue weighted by Gasteiger charge is -2.35. The maximum absolute atomic E-state index is 12.8. The van der Waals surface area contributed by atoms with Crippen molar-refractivity contribution in [1.29, 1.82) is 0 Å². The molecule has 3 aliphatic rings. The lowest BCUT2D eigenvalue weighted by molar-refractivity contribution is -0.135. The number of hydrogen-bond donors (Lipinski definition) is 0. The van der Waals surface area contributed by atoms with E-state index in [2.05, 4.69) is 6.92 Å². The Morgan fingerprint density at radius 2 is 2.13 bits per heavy atom. The average molecular weight is 447 g/mol. The Morgan fingerprint density at radius 3 is 2.97 bits per heavy atom. The summed E-state index contributed by atoms with van der Waals surface area (Å²) in [6, 6.07) is 5.95. The number of carbonyl (C=O) groups excluding carboxylic acids is 2. The van der Waals surface area contributed by atoms with E-state index in [0.29, 0.717) is 46.2 Å². The molecule has 160 valence electrons. The zero-order chi connectivity index (χ0) is 21.1. The first-order valence-corrected chi connectivity index (χ1v) is 11.7. The van der Waals surface area contributed by atoms with E-state index in [1.807, 2.05) is 29.2 Å². The summed E-state index contributed by atoms with van der Waals surface area (Å²) < 4.78 is 11.3. The smallest absolute Gasteiger partial charge is 0.266 e. The highest BCUT2D eigenvalue weighted by molar-refractivity contribution is 8.26. The molecule has 0 aliphatic carbocycles. The summed E-state index contributed by atoms with van der Waals surface area (Å²) in [5.41, 5.74) is 0.866. The number of nitrogens with zero attached hydrogens (tertiary/aromatic N) is 2. The number of benzene rings is 1. The fraction of sp³-hybridized carbons (Fsp3) is 0.500. The van der Waals surface area contributed by atoms with Gasteiger partial charge in [-0.1, -0.05) is 37.0 Å². The van der Waals surface area contributed by atoms with Gasteiger partial charge >= 0.3 is 0 Å². The molecule has 0 spiro atoms. The molecule has 1 aromatic carbocycles. The number of hydrogen-bond acceptors (Lipinski definition) is 6. The highest BCUT2D eigenvalue weighted by Gasteiger charge is 2.32. The summed E-state index contributed by atoms with van der Waals surface area (Å²) in [6.07, 6.45) is 7.29. The monoisotopic (exact) mass is 446 g/mol. The van der Waals surface area contributed by atoms with E-state index in [1.54, 1.807) is 4.90 Å². The average Bonchev–Trinajstić information content (AvgIpc) is 3.32. The molecule has 30 heavy (non-hydrogen) atoms. The van der Waals surface area contributed by atoms with Crippen molar-refractivity contribution in [2.24, 2.45) is 0 Å². The Kier molecular flexibility index (Phi) is 6.63. The van der Waals surface area contributed by atoms with Crippen LogP contribution in [0.25, 0.3) is 6.08 Å². The molecule has 3 heterocycles. The molecule has 1 atom stereocenters. The van der Waals surface area contributed by atoms with E-state index in [1.165, 1.54) is 18.2 Å². The highest BCUT2D eigenvalue weighted by atomic mass is 32.2. The largest absolute Gasteiger partial charge is 0.454 e. The summed E-state index contributed by atoms with van der Waals surface area (Å²) in [5.74, 6) is 1.49. The molecule has 2 fully saturated rings. The Hall–Kier alpha value is -2.06. The van der Waals surface area contributed by atoms with Crippen molar-refractivity contribution in [2.45, 2.75) is 51.5 Å². The number of rotatable bonds is 6. The van der Waals surface area contributed by atoms with Gasteiger partial charge in [-0.25, -0.2) is 0 Å². The number of piperidine rings is 1. The molecular weight excluding hydrogens is 420 g/mol. The minimum absolute atomic E-state index is 0.0977. The maximum atomic E-state index is 12.8. The van der Waals surface area contributed by atoms with Crippen molar-refractivity contribution >= 4 is 46.2 Å². The van der Waals surface area contributed by atoms with Gasteiger partial charge in [-0.2, -0.15) is 0 Å². The van der Waals surface area contributed by atoms with E-state index < -0.39 is 0 Å². The second kappa shape index (κ2) is 9.39. The van der Waals surface area contributed by atoms with Crippen LogP contribution in [0.2, 0.25) is 0 Å². The van der Waals surface area contributed by atoms with Crippen LogP contribution in [-0.4, -0.2) is 51.9 Å². The maximum Gasteiger partial charge on any atom is 0.266 e. The molecule has 6 nitrogen and oxygen atoms in total. The van der Waals surface area contributed by atoms with E-state index in [9.17, 15) is 9.59 Å². The summed E-state index contributed by atoms with van der Waals surface area (Å²) >= 11 is 6.72. The standard InChI is InChI=1S/C22H26N2O4S2/c1-2-16-6-3-4-10-23(16)20(25)7-5-11-24-21(26)19(30-22(24)29)13-15-8-9-17-18(12-15)28-14-27-17/h8-9,12-13,16H,2-7,10-11,14H2,1H3/b19-13-/t16-/m1/s1. The van der Waals surface area contributed by atoms with Crippen molar-refractivity contribution in [3.63, 3.8) is 0 Å². The molecule has 0 aromatic heterocycles.